The molecule has 2 N–H and O–H groups in total. The Morgan fingerprint density at radius 2 is 2.44 bits per heavy atom. The monoisotopic (exact) mass is 269 g/mol. The molecule has 100 valence electrons. The number of carbonyl (C=O) groups excluding carboxylic acids is 1. The molecule has 0 bridgehead atoms. The number of amides is 1. The molecule has 1 saturated heterocycles. The van der Waals surface area contributed by atoms with Crippen molar-refractivity contribution < 1.29 is 9.53 Å². The highest BCUT2D eigenvalue weighted by Gasteiger charge is 2.21. The van der Waals surface area contributed by atoms with Gasteiger partial charge in [-0.05, 0) is 19.8 Å². The first kappa shape index (κ1) is 13.3. The average molecular weight is 269 g/mol. The predicted molar refractivity (Wildman–Crippen MR) is 71.6 cm³/mol. The molecule has 0 aromatic carbocycles. The molecule has 1 aromatic heterocycles. The van der Waals surface area contributed by atoms with Crippen molar-refractivity contribution in [2.24, 2.45) is 0 Å². The lowest BCUT2D eigenvalue weighted by Gasteiger charge is -2.20. The molecule has 1 aromatic rings. The summed E-state index contributed by atoms with van der Waals surface area (Å²) in [6, 6.07) is 0. The van der Waals surface area contributed by atoms with Crippen LogP contribution in [0.5, 0.6) is 0 Å². The summed E-state index contributed by atoms with van der Waals surface area (Å²) in [5.41, 5.74) is 6.48. The number of hydrogen-bond donors (Lipinski definition) is 1. The lowest BCUT2D eigenvalue weighted by atomic mass is 10.2. The predicted octanol–water partition coefficient (Wildman–Crippen LogP) is 1.21. The van der Waals surface area contributed by atoms with Gasteiger partial charge in [0.05, 0.1) is 18.2 Å². The van der Waals surface area contributed by atoms with Crippen LogP contribution in [-0.4, -0.2) is 42.1 Å². The van der Waals surface area contributed by atoms with Crippen LogP contribution in [-0.2, 0) is 16.0 Å². The fourth-order valence-electron chi connectivity index (χ4n) is 2.08. The van der Waals surface area contributed by atoms with E-state index < -0.39 is 0 Å². The smallest absolute Gasteiger partial charge is 0.227 e. The Morgan fingerprint density at radius 3 is 3.00 bits per heavy atom. The number of hydrogen-bond acceptors (Lipinski definition) is 5. The third-order valence-electron chi connectivity index (χ3n) is 3.15. The number of likely N-dealkylation sites (N-methyl/N-ethyl adjacent to an activating group) is 1. The van der Waals surface area contributed by atoms with Gasteiger partial charge in [0.15, 0.2) is 5.13 Å². The number of aromatic nitrogens is 1. The van der Waals surface area contributed by atoms with Gasteiger partial charge in [-0.2, -0.15) is 0 Å². The molecule has 1 aliphatic heterocycles. The van der Waals surface area contributed by atoms with Gasteiger partial charge in [-0.15, -0.1) is 11.3 Å². The highest BCUT2D eigenvalue weighted by molar-refractivity contribution is 7.15. The Hall–Kier alpha value is -1.14. The highest BCUT2D eigenvalue weighted by atomic mass is 32.1. The van der Waals surface area contributed by atoms with Crippen molar-refractivity contribution in [1.29, 1.82) is 0 Å². The third kappa shape index (κ3) is 3.20. The van der Waals surface area contributed by atoms with E-state index in [-0.39, 0.29) is 12.0 Å². The van der Waals surface area contributed by atoms with Crippen LogP contribution in [0.15, 0.2) is 0 Å². The summed E-state index contributed by atoms with van der Waals surface area (Å²) in [6.07, 6.45) is 2.72. The number of nitrogens with two attached hydrogens (primary N) is 1. The van der Waals surface area contributed by atoms with Crippen molar-refractivity contribution in [3.63, 3.8) is 0 Å². The summed E-state index contributed by atoms with van der Waals surface area (Å²) in [6.45, 7) is 3.37. The molecule has 1 aliphatic rings. The highest BCUT2D eigenvalue weighted by Crippen LogP contribution is 2.21. The first-order valence-corrected chi connectivity index (χ1v) is 6.95. The Balaban J connectivity index is 1.88. The molecule has 6 heteroatoms. The Bertz CT molecular complexity index is 427. The van der Waals surface area contributed by atoms with Gasteiger partial charge >= 0.3 is 0 Å². The molecule has 0 aliphatic carbocycles. The van der Waals surface area contributed by atoms with E-state index >= 15 is 0 Å². The van der Waals surface area contributed by atoms with Crippen LogP contribution in [0, 0.1) is 6.92 Å². The van der Waals surface area contributed by atoms with E-state index in [1.165, 1.54) is 11.3 Å². The molecule has 0 radical (unpaired) electrons. The van der Waals surface area contributed by atoms with Gasteiger partial charge in [0, 0.05) is 25.1 Å². The van der Waals surface area contributed by atoms with Crippen molar-refractivity contribution in [3.05, 3.63) is 10.6 Å². The molecule has 2 rings (SSSR count). The van der Waals surface area contributed by atoms with E-state index in [0.29, 0.717) is 18.1 Å². The molecule has 0 unspecified atom stereocenters. The van der Waals surface area contributed by atoms with Crippen LogP contribution in [0.3, 0.4) is 0 Å². The molecular formula is C12H19N3O2S. The number of thiazole rings is 1. The lowest BCUT2D eigenvalue weighted by Crippen LogP contribution is -2.35. The van der Waals surface area contributed by atoms with Crippen molar-refractivity contribution in [3.8, 4) is 0 Å². The number of nitrogens with zero attached hydrogens (tertiary/aromatic N) is 2. The van der Waals surface area contributed by atoms with E-state index in [4.69, 9.17) is 10.5 Å². The Morgan fingerprint density at radius 1 is 1.67 bits per heavy atom. The summed E-state index contributed by atoms with van der Waals surface area (Å²) < 4.78 is 5.53. The maximum Gasteiger partial charge on any atom is 0.227 e. The van der Waals surface area contributed by atoms with E-state index in [9.17, 15) is 4.79 Å². The number of rotatable bonds is 4. The van der Waals surface area contributed by atoms with E-state index in [2.05, 4.69) is 4.98 Å². The normalized spacial score (nSPS) is 19.1. The number of ether oxygens (including phenoxy) is 1. The topological polar surface area (TPSA) is 68.5 Å². The molecule has 2 heterocycles. The van der Waals surface area contributed by atoms with Gasteiger partial charge < -0.3 is 15.4 Å². The summed E-state index contributed by atoms with van der Waals surface area (Å²) in [5.74, 6) is 0.0947. The fourth-order valence-corrected chi connectivity index (χ4v) is 2.91. The Kier molecular flexibility index (Phi) is 4.19. The largest absolute Gasteiger partial charge is 0.376 e. The average Bonchev–Trinajstić information content (AvgIpc) is 2.89. The lowest BCUT2D eigenvalue weighted by molar-refractivity contribution is -0.130. The maximum atomic E-state index is 12.1. The number of aryl methyl sites for hydroxylation is 1. The Labute approximate surface area is 111 Å². The quantitative estimate of drug-likeness (QED) is 0.892. The number of nitrogen functional groups attached to an aromatic ring is 1. The van der Waals surface area contributed by atoms with Crippen LogP contribution < -0.4 is 5.73 Å². The molecule has 1 fully saturated rings. The zero-order valence-corrected chi connectivity index (χ0v) is 11.6. The van der Waals surface area contributed by atoms with Gasteiger partial charge in [-0.3, -0.25) is 4.79 Å². The second-order valence-electron chi connectivity index (χ2n) is 4.65. The number of anilines is 1. The molecule has 1 amide bonds. The van der Waals surface area contributed by atoms with E-state index in [0.717, 1.165) is 30.0 Å². The first-order chi connectivity index (χ1) is 8.56. The molecular weight excluding hydrogens is 250 g/mol. The first-order valence-electron chi connectivity index (χ1n) is 6.13. The third-order valence-corrected chi connectivity index (χ3v) is 4.13. The van der Waals surface area contributed by atoms with Crippen molar-refractivity contribution in [2.45, 2.75) is 32.3 Å². The van der Waals surface area contributed by atoms with Crippen molar-refractivity contribution >= 4 is 22.4 Å². The van der Waals surface area contributed by atoms with Crippen LogP contribution in [0.1, 0.15) is 23.4 Å². The standard InChI is InChI=1S/C12H19N3O2S/c1-8-10(18-12(13)14-8)6-11(16)15(2)7-9-4-3-5-17-9/h9H,3-7H2,1-2H3,(H2,13,14)/t9-/m1/s1. The van der Waals surface area contributed by atoms with Gasteiger partial charge in [0.2, 0.25) is 5.91 Å². The minimum absolute atomic E-state index is 0.0947. The minimum atomic E-state index is 0.0947. The summed E-state index contributed by atoms with van der Waals surface area (Å²) in [7, 11) is 1.82. The zero-order valence-electron chi connectivity index (χ0n) is 10.8. The SMILES string of the molecule is Cc1nc(N)sc1CC(=O)N(C)C[C@H]1CCCO1. The molecule has 18 heavy (non-hydrogen) atoms. The molecule has 5 nitrogen and oxygen atoms in total. The van der Waals surface area contributed by atoms with Crippen molar-refractivity contribution in [2.75, 3.05) is 25.9 Å². The minimum Gasteiger partial charge on any atom is -0.376 e. The maximum absolute atomic E-state index is 12.1. The van der Waals surface area contributed by atoms with Crippen LogP contribution >= 0.6 is 11.3 Å². The molecule has 0 saturated carbocycles. The van der Waals surface area contributed by atoms with Crippen molar-refractivity contribution in [1.82, 2.24) is 9.88 Å². The number of carbonyl (C=O) groups is 1. The molecule has 1 atom stereocenters. The van der Waals surface area contributed by atoms with Crippen LogP contribution in [0.2, 0.25) is 0 Å². The van der Waals surface area contributed by atoms with Gasteiger partial charge in [-0.1, -0.05) is 0 Å². The van der Waals surface area contributed by atoms with Crippen LogP contribution in [0.25, 0.3) is 0 Å². The fraction of sp³-hybridized carbons (Fsp3) is 0.667. The summed E-state index contributed by atoms with van der Waals surface area (Å²) in [5, 5.41) is 0.525. The van der Waals surface area contributed by atoms with E-state index in [1.54, 1.807) is 4.90 Å². The second-order valence-corrected chi connectivity index (χ2v) is 5.76. The summed E-state index contributed by atoms with van der Waals surface area (Å²) >= 11 is 1.39. The summed E-state index contributed by atoms with van der Waals surface area (Å²) in [4.78, 5) is 18.9. The van der Waals surface area contributed by atoms with E-state index in [1.807, 2.05) is 14.0 Å². The van der Waals surface area contributed by atoms with Crippen LogP contribution in [0.4, 0.5) is 5.13 Å². The van der Waals surface area contributed by atoms with Gasteiger partial charge in [0.25, 0.3) is 0 Å². The van der Waals surface area contributed by atoms with Gasteiger partial charge in [-0.25, -0.2) is 4.98 Å². The molecule has 0 spiro atoms. The van der Waals surface area contributed by atoms with Gasteiger partial charge in [0.1, 0.15) is 0 Å². The zero-order chi connectivity index (χ0) is 13.1. The second kappa shape index (κ2) is 5.67.